The average molecular weight is 244 g/mol. The second kappa shape index (κ2) is 5.46. The summed E-state index contributed by atoms with van der Waals surface area (Å²) in [7, 11) is 0. The summed E-state index contributed by atoms with van der Waals surface area (Å²) in [5.41, 5.74) is 0.0418. The molecule has 0 saturated heterocycles. The third kappa shape index (κ3) is 3.94. The molecule has 1 heterocycles. The molecule has 1 atom stereocenters. The van der Waals surface area contributed by atoms with E-state index in [1.807, 2.05) is 0 Å². The third-order valence-corrected chi connectivity index (χ3v) is 2.63. The van der Waals surface area contributed by atoms with Crippen LogP contribution in [0.4, 0.5) is 5.82 Å². The van der Waals surface area contributed by atoms with Gasteiger partial charge in [-0.25, -0.2) is 9.97 Å². The third-order valence-electron chi connectivity index (χ3n) is 2.42. The van der Waals surface area contributed by atoms with Crippen molar-refractivity contribution in [2.24, 2.45) is 5.41 Å². The van der Waals surface area contributed by atoms with Gasteiger partial charge in [0.1, 0.15) is 17.3 Å². The van der Waals surface area contributed by atoms with Crippen LogP contribution in [-0.2, 0) is 0 Å². The highest BCUT2D eigenvalue weighted by Gasteiger charge is 2.24. The fraction of sp³-hybridized carbons (Fsp3) is 0.636. The van der Waals surface area contributed by atoms with E-state index in [9.17, 15) is 0 Å². The Morgan fingerprint density at radius 2 is 2.12 bits per heavy atom. The van der Waals surface area contributed by atoms with Crippen LogP contribution in [0.25, 0.3) is 0 Å². The maximum Gasteiger partial charge on any atom is 0.134 e. The van der Waals surface area contributed by atoms with Crippen LogP contribution in [0.15, 0.2) is 12.4 Å². The van der Waals surface area contributed by atoms with Gasteiger partial charge in [-0.1, -0.05) is 32.4 Å². The Labute approximate surface area is 101 Å². The minimum absolute atomic E-state index is 0.0418. The lowest BCUT2D eigenvalue weighted by atomic mass is 9.85. The van der Waals surface area contributed by atoms with Gasteiger partial charge in [-0.05, 0) is 11.8 Å². The molecule has 0 aliphatic carbocycles. The van der Waals surface area contributed by atoms with E-state index in [0.717, 1.165) is 0 Å². The normalized spacial score (nSPS) is 13.6. The Balaban J connectivity index is 2.76. The molecule has 5 heteroatoms. The highest BCUT2D eigenvalue weighted by atomic mass is 35.5. The van der Waals surface area contributed by atoms with E-state index in [4.69, 9.17) is 16.7 Å². The molecule has 16 heavy (non-hydrogen) atoms. The number of rotatable bonds is 4. The summed E-state index contributed by atoms with van der Waals surface area (Å²) >= 11 is 5.78. The molecule has 0 radical (unpaired) electrons. The second-order valence-corrected chi connectivity index (χ2v) is 5.19. The summed E-state index contributed by atoms with van der Waals surface area (Å²) in [6, 6.07) is 1.82. The van der Waals surface area contributed by atoms with Crippen LogP contribution < -0.4 is 5.32 Å². The first-order valence-electron chi connectivity index (χ1n) is 5.28. The number of halogens is 1. The molecular formula is C11H18ClN3O. The number of anilines is 1. The lowest BCUT2D eigenvalue weighted by molar-refractivity contribution is 0.235. The molecule has 0 aromatic carbocycles. The first-order chi connectivity index (χ1) is 7.43. The molecule has 1 unspecified atom stereocenters. The summed E-state index contributed by atoms with van der Waals surface area (Å²) in [5.74, 6) is 0.688. The van der Waals surface area contributed by atoms with Gasteiger partial charge in [0.2, 0.25) is 0 Å². The Bertz CT molecular complexity index is 338. The number of nitrogens with zero attached hydrogens (tertiary/aromatic N) is 2. The Kier molecular flexibility index (Phi) is 4.50. The zero-order valence-electron chi connectivity index (χ0n) is 9.87. The maximum atomic E-state index is 9.03. The molecule has 4 nitrogen and oxygen atoms in total. The van der Waals surface area contributed by atoms with Gasteiger partial charge in [0.15, 0.2) is 0 Å². The summed E-state index contributed by atoms with van der Waals surface area (Å²) in [5, 5.41) is 12.7. The van der Waals surface area contributed by atoms with Gasteiger partial charge < -0.3 is 10.4 Å². The zero-order valence-corrected chi connectivity index (χ0v) is 10.6. The highest BCUT2D eigenvalue weighted by molar-refractivity contribution is 6.29. The van der Waals surface area contributed by atoms with E-state index in [0.29, 0.717) is 17.4 Å². The quantitative estimate of drug-likeness (QED) is 0.797. The van der Waals surface area contributed by atoms with E-state index >= 15 is 0 Å². The standard InChI is InChI=1S/C11H18ClN3O/c1-11(2,3)8(4-5-16)15-10-6-9(12)13-7-14-10/h6-8,16H,4-5H2,1-3H3,(H,13,14,15). The van der Waals surface area contributed by atoms with Gasteiger partial charge in [-0.3, -0.25) is 0 Å². The zero-order chi connectivity index (χ0) is 12.2. The minimum Gasteiger partial charge on any atom is -0.396 e. The van der Waals surface area contributed by atoms with Crippen molar-refractivity contribution in [2.75, 3.05) is 11.9 Å². The van der Waals surface area contributed by atoms with Gasteiger partial charge in [0, 0.05) is 18.7 Å². The molecule has 0 spiro atoms. The van der Waals surface area contributed by atoms with E-state index < -0.39 is 0 Å². The molecule has 0 saturated carbocycles. The van der Waals surface area contributed by atoms with E-state index in [1.165, 1.54) is 6.33 Å². The molecule has 1 aromatic heterocycles. The van der Waals surface area contributed by atoms with Crippen molar-refractivity contribution in [3.63, 3.8) is 0 Å². The van der Waals surface area contributed by atoms with E-state index in [2.05, 4.69) is 36.1 Å². The van der Waals surface area contributed by atoms with E-state index in [1.54, 1.807) is 6.07 Å². The van der Waals surface area contributed by atoms with Crippen molar-refractivity contribution in [3.8, 4) is 0 Å². The number of aliphatic hydroxyl groups is 1. The van der Waals surface area contributed by atoms with Crippen molar-refractivity contribution < 1.29 is 5.11 Å². The highest BCUT2D eigenvalue weighted by Crippen LogP contribution is 2.25. The number of aromatic nitrogens is 2. The van der Waals surface area contributed by atoms with Gasteiger partial charge in [-0.2, -0.15) is 0 Å². The monoisotopic (exact) mass is 243 g/mol. The Morgan fingerprint density at radius 3 is 2.62 bits per heavy atom. The summed E-state index contributed by atoms with van der Waals surface area (Å²) < 4.78 is 0. The summed E-state index contributed by atoms with van der Waals surface area (Å²) in [4.78, 5) is 7.91. The largest absolute Gasteiger partial charge is 0.396 e. The van der Waals surface area contributed by atoms with Gasteiger partial charge in [0.05, 0.1) is 0 Å². The average Bonchev–Trinajstić information content (AvgIpc) is 2.16. The SMILES string of the molecule is CC(C)(C)C(CCO)Nc1cc(Cl)ncn1. The Morgan fingerprint density at radius 1 is 1.44 bits per heavy atom. The maximum absolute atomic E-state index is 9.03. The van der Waals surface area contributed by atoms with Crippen molar-refractivity contribution in [2.45, 2.75) is 33.2 Å². The van der Waals surface area contributed by atoms with Crippen molar-refractivity contribution in [1.29, 1.82) is 0 Å². The van der Waals surface area contributed by atoms with Crippen LogP contribution in [0.3, 0.4) is 0 Å². The van der Waals surface area contributed by atoms with Crippen LogP contribution in [0, 0.1) is 5.41 Å². The van der Waals surface area contributed by atoms with Crippen molar-refractivity contribution in [3.05, 3.63) is 17.5 Å². The van der Waals surface area contributed by atoms with Crippen molar-refractivity contribution in [1.82, 2.24) is 9.97 Å². The summed E-state index contributed by atoms with van der Waals surface area (Å²) in [6.45, 7) is 6.49. The molecule has 0 amide bonds. The molecule has 1 aromatic rings. The molecule has 1 rings (SSSR count). The number of aliphatic hydroxyl groups excluding tert-OH is 1. The van der Waals surface area contributed by atoms with Crippen LogP contribution in [-0.4, -0.2) is 27.7 Å². The number of hydrogen-bond acceptors (Lipinski definition) is 4. The predicted molar refractivity (Wildman–Crippen MR) is 65.6 cm³/mol. The Hall–Kier alpha value is -0.870. The molecular weight excluding hydrogens is 226 g/mol. The molecule has 2 N–H and O–H groups in total. The fourth-order valence-corrected chi connectivity index (χ4v) is 1.59. The van der Waals surface area contributed by atoms with Crippen LogP contribution in [0.1, 0.15) is 27.2 Å². The van der Waals surface area contributed by atoms with Crippen LogP contribution in [0.2, 0.25) is 5.15 Å². The lowest BCUT2D eigenvalue weighted by Gasteiger charge is -2.31. The molecule has 0 fully saturated rings. The molecule has 0 aliphatic heterocycles. The molecule has 90 valence electrons. The number of nitrogens with one attached hydrogen (secondary N) is 1. The second-order valence-electron chi connectivity index (χ2n) is 4.80. The van der Waals surface area contributed by atoms with Crippen LogP contribution >= 0.6 is 11.6 Å². The first-order valence-corrected chi connectivity index (χ1v) is 5.66. The van der Waals surface area contributed by atoms with Gasteiger partial charge in [0.25, 0.3) is 0 Å². The topological polar surface area (TPSA) is 58.0 Å². The predicted octanol–water partition coefficient (Wildman–Crippen LogP) is 2.34. The lowest BCUT2D eigenvalue weighted by Crippen LogP contribution is -2.35. The first kappa shape index (κ1) is 13.2. The number of hydrogen-bond donors (Lipinski definition) is 2. The van der Waals surface area contributed by atoms with Gasteiger partial charge in [-0.15, -0.1) is 0 Å². The van der Waals surface area contributed by atoms with Crippen LogP contribution in [0.5, 0.6) is 0 Å². The van der Waals surface area contributed by atoms with Crippen molar-refractivity contribution >= 4 is 17.4 Å². The van der Waals surface area contributed by atoms with E-state index in [-0.39, 0.29) is 18.1 Å². The smallest absolute Gasteiger partial charge is 0.134 e. The van der Waals surface area contributed by atoms with Gasteiger partial charge >= 0.3 is 0 Å². The molecule has 0 aliphatic rings. The minimum atomic E-state index is 0.0418. The summed E-state index contributed by atoms with van der Waals surface area (Å²) in [6.07, 6.45) is 2.09. The fourth-order valence-electron chi connectivity index (χ4n) is 1.44. The molecule has 0 bridgehead atoms.